The zero-order chi connectivity index (χ0) is 18.4. The molecule has 0 heterocycles. The second kappa shape index (κ2) is 7.83. The normalized spacial score (nSPS) is 11.1. The molecular formula is C20H24N2O3. The van der Waals surface area contributed by atoms with Gasteiger partial charge in [-0.1, -0.05) is 18.2 Å². The van der Waals surface area contributed by atoms with E-state index in [1.54, 1.807) is 50.2 Å². The van der Waals surface area contributed by atoms with Gasteiger partial charge in [-0.3, -0.25) is 9.59 Å². The minimum Gasteiger partial charge on any atom is -0.491 e. The van der Waals surface area contributed by atoms with Gasteiger partial charge in [0.05, 0.1) is 6.10 Å². The second-order valence-corrected chi connectivity index (χ2v) is 6.59. The minimum absolute atomic E-state index is 0.0843. The average molecular weight is 340 g/mol. The first-order valence-corrected chi connectivity index (χ1v) is 8.23. The van der Waals surface area contributed by atoms with Gasteiger partial charge in [0.1, 0.15) is 11.2 Å². The van der Waals surface area contributed by atoms with Gasteiger partial charge in [-0.2, -0.15) is 0 Å². The maximum absolute atomic E-state index is 12.5. The van der Waals surface area contributed by atoms with Crippen LogP contribution in [0.25, 0.3) is 0 Å². The summed E-state index contributed by atoms with van der Waals surface area (Å²) in [5.41, 5.74) is 0.0495. The Morgan fingerprint density at radius 2 is 1.32 bits per heavy atom. The SMILES string of the molecule is CC(C)Oc1ccc(NC(=O)C(C)(C)C(=O)Nc2ccccc2)cc1. The molecule has 0 aliphatic carbocycles. The molecule has 0 aliphatic heterocycles. The van der Waals surface area contributed by atoms with Crippen LogP contribution in [0.5, 0.6) is 5.75 Å². The van der Waals surface area contributed by atoms with Gasteiger partial charge in [-0.05, 0) is 64.1 Å². The topological polar surface area (TPSA) is 67.4 Å². The summed E-state index contributed by atoms with van der Waals surface area (Å²) in [7, 11) is 0. The van der Waals surface area contributed by atoms with E-state index in [4.69, 9.17) is 4.74 Å². The number of nitrogens with one attached hydrogen (secondary N) is 2. The van der Waals surface area contributed by atoms with Crippen molar-refractivity contribution in [1.29, 1.82) is 0 Å². The van der Waals surface area contributed by atoms with Crippen LogP contribution in [0.2, 0.25) is 0 Å². The Labute approximate surface area is 148 Å². The molecule has 0 saturated heterocycles. The zero-order valence-corrected chi connectivity index (χ0v) is 15.0. The van der Waals surface area contributed by atoms with E-state index in [1.807, 2.05) is 32.0 Å². The van der Waals surface area contributed by atoms with Crippen molar-refractivity contribution < 1.29 is 14.3 Å². The summed E-state index contributed by atoms with van der Waals surface area (Å²) in [5.74, 6) is -0.0106. The van der Waals surface area contributed by atoms with Crippen LogP contribution >= 0.6 is 0 Å². The highest BCUT2D eigenvalue weighted by atomic mass is 16.5. The van der Waals surface area contributed by atoms with Crippen molar-refractivity contribution in [3.63, 3.8) is 0 Å². The molecule has 2 aromatic carbocycles. The summed E-state index contributed by atoms with van der Waals surface area (Å²) >= 11 is 0. The zero-order valence-electron chi connectivity index (χ0n) is 15.0. The lowest BCUT2D eigenvalue weighted by Crippen LogP contribution is -2.41. The van der Waals surface area contributed by atoms with Gasteiger partial charge in [0.15, 0.2) is 0 Å². The molecule has 0 aromatic heterocycles. The summed E-state index contributed by atoms with van der Waals surface area (Å²) in [4.78, 5) is 25.0. The van der Waals surface area contributed by atoms with E-state index in [9.17, 15) is 9.59 Å². The van der Waals surface area contributed by atoms with E-state index in [0.717, 1.165) is 5.75 Å². The molecule has 0 unspecified atom stereocenters. The molecule has 0 bridgehead atoms. The Kier molecular flexibility index (Phi) is 5.80. The Balaban J connectivity index is 2.01. The van der Waals surface area contributed by atoms with Crippen LogP contribution in [0.15, 0.2) is 54.6 Å². The van der Waals surface area contributed by atoms with Gasteiger partial charge in [0.25, 0.3) is 0 Å². The van der Waals surface area contributed by atoms with Crippen LogP contribution in [-0.4, -0.2) is 17.9 Å². The maximum Gasteiger partial charge on any atom is 0.239 e. The lowest BCUT2D eigenvalue weighted by Gasteiger charge is -2.23. The Morgan fingerprint density at radius 3 is 1.80 bits per heavy atom. The number of carbonyl (C=O) groups excluding carboxylic acids is 2. The Bertz CT molecular complexity index is 722. The molecule has 2 rings (SSSR count). The van der Waals surface area contributed by atoms with E-state index >= 15 is 0 Å². The van der Waals surface area contributed by atoms with Crippen LogP contribution in [0.4, 0.5) is 11.4 Å². The molecule has 5 heteroatoms. The fourth-order valence-corrected chi connectivity index (χ4v) is 2.09. The molecule has 5 nitrogen and oxygen atoms in total. The van der Waals surface area contributed by atoms with Gasteiger partial charge in [0, 0.05) is 11.4 Å². The molecule has 0 atom stereocenters. The monoisotopic (exact) mass is 340 g/mol. The van der Waals surface area contributed by atoms with Crippen molar-refractivity contribution >= 4 is 23.2 Å². The number of rotatable bonds is 6. The molecule has 0 aliphatic rings. The predicted molar refractivity (Wildman–Crippen MR) is 99.7 cm³/mol. The molecule has 0 fully saturated rings. The van der Waals surface area contributed by atoms with E-state index in [2.05, 4.69) is 10.6 Å². The van der Waals surface area contributed by atoms with Crippen molar-refractivity contribution in [1.82, 2.24) is 0 Å². The number of amides is 2. The lowest BCUT2D eigenvalue weighted by molar-refractivity contribution is -0.135. The van der Waals surface area contributed by atoms with Crippen molar-refractivity contribution in [3.8, 4) is 5.75 Å². The number of ether oxygens (including phenoxy) is 1. The van der Waals surface area contributed by atoms with Crippen LogP contribution in [0.1, 0.15) is 27.7 Å². The highest BCUT2D eigenvalue weighted by Crippen LogP contribution is 2.23. The van der Waals surface area contributed by atoms with E-state index in [1.165, 1.54) is 0 Å². The molecule has 0 spiro atoms. The molecule has 0 radical (unpaired) electrons. The van der Waals surface area contributed by atoms with Gasteiger partial charge < -0.3 is 15.4 Å². The van der Waals surface area contributed by atoms with E-state index in [0.29, 0.717) is 11.4 Å². The fourth-order valence-electron chi connectivity index (χ4n) is 2.09. The number of benzene rings is 2. The van der Waals surface area contributed by atoms with Crippen molar-refractivity contribution in [2.75, 3.05) is 10.6 Å². The number of hydrogen-bond donors (Lipinski definition) is 2. The van der Waals surface area contributed by atoms with Gasteiger partial charge >= 0.3 is 0 Å². The lowest BCUT2D eigenvalue weighted by atomic mass is 9.90. The highest BCUT2D eigenvalue weighted by molar-refractivity contribution is 6.13. The van der Waals surface area contributed by atoms with Crippen LogP contribution < -0.4 is 15.4 Å². The average Bonchev–Trinajstić information content (AvgIpc) is 2.57. The number of carbonyl (C=O) groups is 2. The third kappa shape index (κ3) is 5.08. The number of hydrogen-bond acceptors (Lipinski definition) is 3. The van der Waals surface area contributed by atoms with Crippen LogP contribution in [0, 0.1) is 5.41 Å². The Hall–Kier alpha value is -2.82. The minimum atomic E-state index is -1.22. The standard InChI is InChI=1S/C20H24N2O3/c1-14(2)25-17-12-10-16(11-13-17)22-19(24)20(3,4)18(23)21-15-8-6-5-7-9-15/h5-14H,1-4H3,(H,21,23)(H,22,24). The van der Waals surface area contributed by atoms with E-state index < -0.39 is 5.41 Å². The second-order valence-electron chi connectivity index (χ2n) is 6.59. The van der Waals surface area contributed by atoms with Crippen molar-refractivity contribution in [2.24, 2.45) is 5.41 Å². The fraction of sp³-hybridized carbons (Fsp3) is 0.300. The third-order valence-electron chi connectivity index (χ3n) is 3.65. The first kappa shape index (κ1) is 18.5. The Morgan fingerprint density at radius 1 is 0.840 bits per heavy atom. The summed E-state index contributed by atoms with van der Waals surface area (Å²) in [6.45, 7) is 7.08. The summed E-state index contributed by atoms with van der Waals surface area (Å²) in [5, 5.41) is 5.53. The largest absolute Gasteiger partial charge is 0.491 e. The van der Waals surface area contributed by atoms with Crippen molar-refractivity contribution in [3.05, 3.63) is 54.6 Å². The van der Waals surface area contributed by atoms with Crippen LogP contribution in [-0.2, 0) is 9.59 Å². The molecular weight excluding hydrogens is 316 g/mol. The molecule has 2 amide bonds. The van der Waals surface area contributed by atoms with Crippen LogP contribution in [0.3, 0.4) is 0 Å². The highest BCUT2D eigenvalue weighted by Gasteiger charge is 2.36. The smallest absolute Gasteiger partial charge is 0.239 e. The summed E-state index contributed by atoms with van der Waals surface area (Å²) < 4.78 is 5.57. The third-order valence-corrected chi connectivity index (χ3v) is 3.65. The molecule has 25 heavy (non-hydrogen) atoms. The maximum atomic E-state index is 12.5. The molecule has 2 N–H and O–H groups in total. The van der Waals surface area contributed by atoms with Gasteiger partial charge in [0.2, 0.25) is 11.8 Å². The van der Waals surface area contributed by atoms with Gasteiger partial charge in [-0.15, -0.1) is 0 Å². The first-order valence-electron chi connectivity index (χ1n) is 8.23. The first-order chi connectivity index (χ1) is 11.8. The van der Waals surface area contributed by atoms with Crippen molar-refractivity contribution in [2.45, 2.75) is 33.8 Å². The summed E-state index contributed by atoms with van der Waals surface area (Å²) in [6, 6.07) is 16.1. The molecule has 132 valence electrons. The predicted octanol–water partition coefficient (Wildman–Crippen LogP) is 4.08. The van der Waals surface area contributed by atoms with Gasteiger partial charge in [-0.25, -0.2) is 0 Å². The number of anilines is 2. The molecule has 0 saturated carbocycles. The van der Waals surface area contributed by atoms with E-state index in [-0.39, 0.29) is 17.9 Å². The number of para-hydroxylation sites is 1. The summed E-state index contributed by atoms with van der Waals surface area (Å²) in [6.07, 6.45) is 0.0843. The molecule has 2 aromatic rings. The quantitative estimate of drug-likeness (QED) is 0.779.